The highest BCUT2D eigenvalue weighted by molar-refractivity contribution is 5.45. The number of ether oxygens (including phenoxy) is 2. The molecule has 0 spiro atoms. The topological polar surface area (TPSA) is 48.7 Å². The van der Waals surface area contributed by atoms with Crippen molar-refractivity contribution in [2.24, 2.45) is 0 Å². The molecule has 0 amide bonds. The summed E-state index contributed by atoms with van der Waals surface area (Å²) in [6, 6.07) is 8.08. The standard InChI is InChI=1S/C18H27N3O2/c1-4-12-23-17-7-6-15(13-18(17)22-5-2)16(14-19)21-10-8-20(3)9-11-21/h6-7,13,16H,4-5,8-12H2,1-3H3. The molecule has 1 aromatic rings. The van der Waals surface area contributed by atoms with Crippen LogP contribution in [0.15, 0.2) is 18.2 Å². The fourth-order valence-electron chi connectivity index (χ4n) is 2.74. The van der Waals surface area contributed by atoms with Gasteiger partial charge >= 0.3 is 0 Å². The number of piperazine rings is 1. The Morgan fingerprint density at radius 3 is 2.48 bits per heavy atom. The van der Waals surface area contributed by atoms with Crippen LogP contribution in [0.4, 0.5) is 0 Å². The van der Waals surface area contributed by atoms with E-state index in [1.54, 1.807) is 0 Å². The summed E-state index contributed by atoms with van der Waals surface area (Å²) >= 11 is 0. The van der Waals surface area contributed by atoms with Crippen LogP contribution in [0, 0.1) is 11.3 Å². The number of likely N-dealkylation sites (N-methyl/N-ethyl adjacent to an activating group) is 1. The van der Waals surface area contributed by atoms with Crippen molar-refractivity contribution >= 4 is 0 Å². The van der Waals surface area contributed by atoms with Crippen molar-refractivity contribution in [2.45, 2.75) is 26.3 Å². The molecular weight excluding hydrogens is 290 g/mol. The maximum absolute atomic E-state index is 9.65. The van der Waals surface area contributed by atoms with Crippen LogP contribution >= 0.6 is 0 Å². The van der Waals surface area contributed by atoms with Crippen molar-refractivity contribution in [3.8, 4) is 17.6 Å². The Morgan fingerprint density at radius 2 is 1.87 bits per heavy atom. The molecule has 1 unspecified atom stereocenters. The Bertz CT molecular complexity index is 534. The van der Waals surface area contributed by atoms with Gasteiger partial charge in [-0.25, -0.2) is 0 Å². The Labute approximate surface area is 139 Å². The average molecular weight is 317 g/mol. The predicted molar refractivity (Wildman–Crippen MR) is 90.8 cm³/mol. The number of nitrogens with zero attached hydrogens (tertiary/aromatic N) is 3. The van der Waals surface area contributed by atoms with Gasteiger partial charge in [0.15, 0.2) is 11.5 Å². The molecule has 0 saturated carbocycles. The maximum atomic E-state index is 9.65. The molecule has 5 heteroatoms. The molecule has 1 heterocycles. The zero-order valence-electron chi connectivity index (χ0n) is 14.4. The van der Waals surface area contributed by atoms with Gasteiger partial charge < -0.3 is 14.4 Å². The summed E-state index contributed by atoms with van der Waals surface area (Å²) in [6.45, 7) is 9.09. The molecule has 0 radical (unpaired) electrons. The van der Waals surface area contributed by atoms with Gasteiger partial charge in [0.25, 0.3) is 0 Å². The summed E-state index contributed by atoms with van der Waals surface area (Å²) in [7, 11) is 2.12. The van der Waals surface area contributed by atoms with Crippen LogP contribution in [0.5, 0.6) is 11.5 Å². The molecule has 0 aliphatic carbocycles. The van der Waals surface area contributed by atoms with E-state index in [4.69, 9.17) is 9.47 Å². The second-order valence-electron chi connectivity index (χ2n) is 5.86. The van der Waals surface area contributed by atoms with Gasteiger partial charge in [-0.3, -0.25) is 4.90 Å². The molecular formula is C18H27N3O2. The third kappa shape index (κ3) is 4.60. The van der Waals surface area contributed by atoms with Crippen LogP contribution < -0.4 is 9.47 Å². The first-order valence-corrected chi connectivity index (χ1v) is 8.41. The highest BCUT2D eigenvalue weighted by Crippen LogP contribution is 2.32. The van der Waals surface area contributed by atoms with Gasteiger partial charge in [0.2, 0.25) is 0 Å². The van der Waals surface area contributed by atoms with E-state index >= 15 is 0 Å². The molecule has 1 aliphatic rings. The van der Waals surface area contributed by atoms with Crippen LogP contribution in [0.3, 0.4) is 0 Å². The summed E-state index contributed by atoms with van der Waals surface area (Å²) in [5.41, 5.74) is 0.976. The van der Waals surface area contributed by atoms with Gasteiger partial charge in [0.1, 0.15) is 6.04 Å². The van der Waals surface area contributed by atoms with E-state index < -0.39 is 0 Å². The lowest BCUT2D eigenvalue weighted by Crippen LogP contribution is -2.45. The van der Waals surface area contributed by atoms with Crippen molar-refractivity contribution in [3.63, 3.8) is 0 Å². The SMILES string of the molecule is CCCOc1ccc(C(C#N)N2CCN(C)CC2)cc1OCC. The minimum atomic E-state index is -0.233. The third-order valence-electron chi connectivity index (χ3n) is 4.07. The Hall–Kier alpha value is -1.77. The number of hydrogen-bond donors (Lipinski definition) is 0. The molecule has 0 bridgehead atoms. The highest BCUT2D eigenvalue weighted by atomic mass is 16.5. The van der Waals surface area contributed by atoms with Crippen LogP contribution in [0.25, 0.3) is 0 Å². The first-order chi connectivity index (χ1) is 11.2. The van der Waals surface area contributed by atoms with Gasteiger partial charge in [-0.2, -0.15) is 5.26 Å². The Kier molecular flexibility index (Phi) is 6.69. The van der Waals surface area contributed by atoms with Crippen molar-refractivity contribution in [1.29, 1.82) is 5.26 Å². The van der Waals surface area contributed by atoms with E-state index in [0.717, 1.165) is 49.7 Å². The normalized spacial score (nSPS) is 17.5. The van der Waals surface area contributed by atoms with Gasteiger partial charge in [-0.05, 0) is 38.1 Å². The third-order valence-corrected chi connectivity index (χ3v) is 4.07. The minimum absolute atomic E-state index is 0.233. The lowest BCUT2D eigenvalue weighted by Gasteiger charge is -2.35. The zero-order chi connectivity index (χ0) is 16.7. The minimum Gasteiger partial charge on any atom is -0.490 e. The summed E-state index contributed by atoms with van der Waals surface area (Å²) in [5, 5.41) is 9.65. The van der Waals surface area contributed by atoms with Crippen LogP contribution in [0.1, 0.15) is 31.9 Å². The van der Waals surface area contributed by atoms with E-state index in [1.807, 2.05) is 25.1 Å². The molecule has 1 aromatic carbocycles. The molecule has 126 valence electrons. The van der Waals surface area contributed by atoms with Crippen LogP contribution in [0.2, 0.25) is 0 Å². The second kappa shape index (κ2) is 8.76. The molecule has 2 rings (SSSR count). The molecule has 0 N–H and O–H groups in total. The first-order valence-electron chi connectivity index (χ1n) is 8.41. The summed E-state index contributed by atoms with van der Waals surface area (Å²) in [5.74, 6) is 1.49. The average Bonchev–Trinajstić information content (AvgIpc) is 2.57. The van der Waals surface area contributed by atoms with Gasteiger partial charge in [0, 0.05) is 26.2 Å². The first kappa shape index (κ1) is 17.6. The number of nitriles is 1. The van der Waals surface area contributed by atoms with Crippen molar-refractivity contribution < 1.29 is 9.47 Å². The molecule has 1 atom stereocenters. The molecule has 0 aromatic heterocycles. The van der Waals surface area contributed by atoms with E-state index in [0.29, 0.717) is 13.2 Å². The van der Waals surface area contributed by atoms with E-state index in [-0.39, 0.29) is 6.04 Å². The van der Waals surface area contributed by atoms with E-state index in [1.165, 1.54) is 0 Å². The molecule has 1 saturated heterocycles. The molecule has 23 heavy (non-hydrogen) atoms. The lowest BCUT2D eigenvalue weighted by molar-refractivity contribution is 0.132. The quantitative estimate of drug-likeness (QED) is 0.774. The number of rotatable bonds is 7. The van der Waals surface area contributed by atoms with Gasteiger partial charge in [-0.1, -0.05) is 13.0 Å². The smallest absolute Gasteiger partial charge is 0.161 e. The molecule has 1 aliphatic heterocycles. The van der Waals surface area contributed by atoms with Crippen molar-refractivity contribution in [3.05, 3.63) is 23.8 Å². The fourth-order valence-corrected chi connectivity index (χ4v) is 2.74. The Morgan fingerprint density at radius 1 is 1.13 bits per heavy atom. The fraction of sp³-hybridized carbons (Fsp3) is 0.611. The Balaban J connectivity index is 2.19. The van der Waals surface area contributed by atoms with Crippen molar-refractivity contribution in [2.75, 3.05) is 46.4 Å². The zero-order valence-corrected chi connectivity index (χ0v) is 14.4. The largest absolute Gasteiger partial charge is 0.490 e. The molecule has 1 fully saturated rings. The van der Waals surface area contributed by atoms with Gasteiger partial charge in [-0.15, -0.1) is 0 Å². The van der Waals surface area contributed by atoms with Crippen molar-refractivity contribution in [1.82, 2.24) is 9.80 Å². The van der Waals surface area contributed by atoms with Gasteiger partial charge in [0.05, 0.1) is 19.3 Å². The van der Waals surface area contributed by atoms with E-state index in [2.05, 4.69) is 29.8 Å². The number of benzene rings is 1. The molecule has 5 nitrogen and oxygen atoms in total. The number of hydrogen-bond acceptors (Lipinski definition) is 5. The second-order valence-corrected chi connectivity index (χ2v) is 5.86. The highest BCUT2D eigenvalue weighted by Gasteiger charge is 2.24. The predicted octanol–water partition coefficient (Wildman–Crippen LogP) is 2.69. The summed E-state index contributed by atoms with van der Waals surface area (Å²) < 4.78 is 11.5. The van der Waals surface area contributed by atoms with E-state index in [9.17, 15) is 5.26 Å². The summed E-state index contributed by atoms with van der Waals surface area (Å²) in [6.07, 6.45) is 0.954. The van der Waals surface area contributed by atoms with Crippen LogP contribution in [-0.2, 0) is 0 Å². The maximum Gasteiger partial charge on any atom is 0.161 e. The summed E-state index contributed by atoms with van der Waals surface area (Å²) in [4.78, 5) is 4.52. The monoisotopic (exact) mass is 317 g/mol. The van der Waals surface area contributed by atoms with Crippen LogP contribution in [-0.4, -0.2) is 56.2 Å². The lowest BCUT2D eigenvalue weighted by atomic mass is 10.0.